The van der Waals surface area contributed by atoms with Crippen molar-refractivity contribution in [2.75, 3.05) is 30.7 Å². The molecule has 0 bridgehead atoms. The van der Waals surface area contributed by atoms with Gasteiger partial charge in [-0.15, -0.1) is 0 Å². The van der Waals surface area contributed by atoms with Crippen LogP contribution in [0.25, 0.3) is 0 Å². The molecule has 0 saturated heterocycles. The Morgan fingerprint density at radius 1 is 1.46 bits per heavy atom. The molecule has 0 unspecified atom stereocenters. The first kappa shape index (κ1) is 16.4. The molecule has 0 atom stereocenters. The highest BCUT2D eigenvalue weighted by atomic mass is 35.5. The number of nitrogens with two attached hydrogens (primary N) is 1. The predicted molar refractivity (Wildman–Crippen MR) is 92.0 cm³/mol. The maximum atomic E-state index is 10.7. The van der Waals surface area contributed by atoms with Gasteiger partial charge in [0.2, 0.25) is 11.8 Å². The van der Waals surface area contributed by atoms with Crippen molar-refractivity contribution in [1.82, 2.24) is 14.9 Å². The number of hydrogen-bond donors (Lipinski definition) is 2. The Balaban J connectivity index is 1.54. The molecule has 0 aliphatic carbocycles. The first-order valence-corrected chi connectivity index (χ1v) is 7.92. The van der Waals surface area contributed by atoms with Crippen LogP contribution in [-0.4, -0.2) is 39.4 Å². The molecule has 3 rings (SSSR count). The average Bonchev–Trinajstić information content (AvgIpc) is 2.55. The Kier molecular flexibility index (Phi) is 4.77. The maximum Gasteiger partial charge on any atom is 0.329 e. The third kappa shape index (κ3) is 3.55. The predicted octanol–water partition coefficient (Wildman–Crippen LogP) is 2.09. The largest absolute Gasteiger partial charge is 0.378 e. The lowest BCUT2D eigenvalue weighted by Gasteiger charge is -2.29. The van der Waals surface area contributed by atoms with Gasteiger partial charge >= 0.3 is 5.69 Å². The van der Waals surface area contributed by atoms with E-state index in [0.717, 1.165) is 37.3 Å². The van der Waals surface area contributed by atoms with E-state index < -0.39 is 4.92 Å². The number of aromatic nitrogens is 2. The molecule has 2 aromatic rings. The van der Waals surface area contributed by atoms with Crippen molar-refractivity contribution in [1.29, 1.82) is 0 Å². The molecule has 9 heteroatoms. The normalized spacial score (nSPS) is 14.2. The Morgan fingerprint density at radius 3 is 3.04 bits per heavy atom. The monoisotopic (exact) mass is 348 g/mol. The van der Waals surface area contributed by atoms with Crippen LogP contribution in [0.4, 0.5) is 17.5 Å². The van der Waals surface area contributed by atoms with Gasteiger partial charge in [-0.1, -0.05) is 23.7 Å². The topological polar surface area (TPSA) is 110 Å². The summed E-state index contributed by atoms with van der Waals surface area (Å²) < 4.78 is 0. The number of rotatable bonds is 5. The van der Waals surface area contributed by atoms with Crippen molar-refractivity contribution < 1.29 is 4.92 Å². The molecule has 0 spiro atoms. The van der Waals surface area contributed by atoms with Crippen molar-refractivity contribution in [2.24, 2.45) is 0 Å². The molecule has 3 N–H and O–H groups in total. The number of benzene rings is 1. The van der Waals surface area contributed by atoms with E-state index in [1.54, 1.807) is 0 Å². The Morgan fingerprint density at radius 2 is 2.29 bits per heavy atom. The number of halogens is 1. The van der Waals surface area contributed by atoms with Gasteiger partial charge in [-0.2, -0.15) is 4.98 Å². The summed E-state index contributed by atoms with van der Waals surface area (Å²) in [4.78, 5) is 20.2. The second-order valence-corrected chi connectivity index (χ2v) is 5.96. The van der Waals surface area contributed by atoms with E-state index in [9.17, 15) is 10.1 Å². The van der Waals surface area contributed by atoms with Crippen LogP contribution in [0.5, 0.6) is 0 Å². The van der Waals surface area contributed by atoms with Crippen molar-refractivity contribution in [2.45, 2.75) is 13.0 Å². The van der Waals surface area contributed by atoms with Crippen LogP contribution < -0.4 is 11.1 Å². The molecular formula is C15H17ClN6O2. The molecule has 0 fully saturated rings. The van der Waals surface area contributed by atoms with Gasteiger partial charge in [0, 0.05) is 31.2 Å². The second-order valence-electron chi connectivity index (χ2n) is 5.55. The van der Waals surface area contributed by atoms with Crippen molar-refractivity contribution >= 4 is 29.1 Å². The number of nitro groups is 1. The number of hydrogen-bond acceptors (Lipinski definition) is 7. The summed E-state index contributed by atoms with van der Waals surface area (Å²) in [5.41, 5.74) is 7.75. The lowest BCUT2D eigenvalue weighted by Crippen LogP contribution is -2.34. The summed E-state index contributed by atoms with van der Waals surface area (Å²) in [5, 5.41) is 14.6. The fourth-order valence-corrected chi connectivity index (χ4v) is 3.04. The van der Waals surface area contributed by atoms with Crippen LogP contribution >= 0.6 is 11.6 Å². The van der Waals surface area contributed by atoms with Crippen LogP contribution in [0.2, 0.25) is 5.02 Å². The van der Waals surface area contributed by atoms with Gasteiger partial charge in [0.15, 0.2) is 0 Å². The standard InChI is InChI=1S/C15H17ClN6O2/c16-12-3-1-2-10-9-21(6-4-11(10)12)7-5-18-15-19-8-13(22(23)24)14(17)20-15/h1-3,8H,4-7,9H2,(H3,17,18,19,20). The minimum Gasteiger partial charge on any atom is -0.378 e. The highest BCUT2D eigenvalue weighted by Crippen LogP contribution is 2.25. The third-order valence-electron chi connectivity index (χ3n) is 3.99. The summed E-state index contributed by atoms with van der Waals surface area (Å²) >= 11 is 6.22. The molecule has 1 aromatic carbocycles. The van der Waals surface area contributed by atoms with E-state index >= 15 is 0 Å². The molecule has 126 valence electrons. The average molecular weight is 349 g/mol. The summed E-state index contributed by atoms with van der Waals surface area (Å²) in [6, 6.07) is 5.99. The third-order valence-corrected chi connectivity index (χ3v) is 4.35. The van der Waals surface area contributed by atoms with E-state index in [-0.39, 0.29) is 11.5 Å². The fourth-order valence-electron chi connectivity index (χ4n) is 2.75. The minimum atomic E-state index is -0.602. The van der Waals surface area contributed by atoms with E-state index in [1.807, 2.05) is 12.1 Å². The smallest absolute Gasteiger partial charge is 0.329 e. The molecule has 8 nitrogen and oxygen atoms in total. The number of fused-ring (bicyclic) bond motifs is 1. The van der Waals surface area contributed by atoms with Gasteiger partial charge in [0.1, 0.15) is 6.20 Å². The first-order chi connectivity index (χ1) is 11.5. The zero-order valence-corrected chi connectivity index (χ0v) is 13.7. The molecule has 0 radical (unpaired) electrons. The van der Waals surface area contributed by atoms with Crippen molar-refractivity contribution in [3.63, 3.8) is 0 Å². The Labute approximate surface area is 143 Å². The van der Waals surface area contributed by atoms with Gasteiger partial charge in [-0.3, -0.25) is 15.0 Å². The van der Waals surface area contributed by atoms with Crippen LogP contribution in [-0.2, 0) is 13.0 Å². The van der Waals surface area contributed by atoms with Crippen LogP contribution in [0.1, 0.15) is 11.1 Å². The van der Waals surface area contributed by atoms with Crippen LogP contribution in [0.15, 0.2) is 24.4 Å². The lowest BCUT2D eigenvalue weighted by atomic mass is 10.00. The molecular weight excluding hydrogens is 332 g/mol. The summed E-state index contributed by atoms with van der Waals surface area (Å²) in [6.07, 6.45) is 2.04. The van der Waals surface area contributed by atoms with Crippen molar-refractivity contribution in [3.8, 4) is 0 Å². The SMILES string of the molecule is Nc1nc(NCCN2CCc3c(Cl)cccc3C2)ncc1[N+](=O)[O-]. The highest BCUT2D eigenvalue weighted by molar-refractivity contribution is 6.31. The highest BCUT2D eigenvalue weighted by Gasteiger charge is 2.18. The van der Waals surface area contributed by atoms with Crippen LogP contribution in [0.3, 0.4) is 0 Å². The zero-order chi connectivity index (χ0) is 17.1. The summed E-state index contributed by atoms with van der Waals surface area (Å²) in [5.74, 6) is 0.151. The summed E-state index contributed by atoms with van der Waals surface area (Å²) in [7, 11) is 0. The molecule has 1 aliphatic heterocycles. The quantitative estimate of drug-likeness (QED) is 0.628. The molecule has 1 aliphatic rings. The fraction of sp³-hybridized carbons (Fsp3) is 0.333. The molecule has 0 saturated carbocycles. The number of nitrogens with one attached hydrogen (secondary N) is 1. The lowest BCUT2D eigenvalue weighted by molar-refractivity contribution is -0.384. The van der Waals surface area contributed by atoms with Crippen LogP contribution in [0, 0.1) is 10.1 Å². The number of nitrogen functional groups attached to an aromatic ring is 1. The van der Waals surface area contributed by atoms with Gasteiger partial charge in [-0.25, -0.2) is 4.98 Å². The zero-order valence-electron chi connectivity index (χ0n) is 12.9. The summed E-state index contributed by atoms with van der Waals surface area (Å²) in [6.45, 7) is 3.20. The van der Waals surface area contributed by atoms with E-state index in [2.05, 4.69) is 26.3 Å². The van der Waals surface area contributed by atoms with Gasteiger partial charge in [-0.05, 0) is 23.6 Å². The number of anilines is 2. The first-order valence-electron chi connectivity index (χ1n) is 7.54. The second kappa shape index (κ2) is 6.98. The molecule has 2 heterocycles. The molecule has 0 amide bonds. The van der Waals surface area contributed by atoms with E-state index in [4.69, 9.17) is 17.3 Å². The van der Waals surface area contributed by atoms with Gasteiger partial charge in [0.05, 0.1) is 4.92 Å². The molecule has 24 heavy (non-hydrogen) atoms. The van der Waals surface area contributed by atoms with Gasteiger partial charge < -0.3 is 11.1 Å². The number of nitrogens with zero attached hydrogens (tertiary/aromatic N) is 4. The van der Waals surface area contributed by atoms with Gasteiger partial charge in [0.25, 0.3) is 0 Å². The Hall–Kier alpha value is -2.45. The Bertz CT molecular complexity index is 770. The maximum absolute atomic E-state index is 10.7. The van der Waals surface area contributed by atoms with Crippen molar-refractivity contribution in [3.05, 3.63) is 50.7 Å². The van der Waals surface area contributed by atoms with E-state index in [0.29, 0.717) is 12.5 Å². The molecule has 1 aromatic heterocycles. The minimum absolute atomic E-state index is 0.140. The van der Waals surface area contributed by atoms with E-state index in [1.165, 1.54) is 11.1 Å².